The minimum absolute atomic E-state index is 0.0632. The normalized spacial score (nSPS) is 18.3. The van der Waals surface area contributed by atoms with Crippen molar-refractivity contribution in [3.8, 4) is 5.75 Å². The van der Waals surface area contributed by atoms with Crippen LogP contribution in [-0.2, 0) is 14.4 Å². The quantitative estimate of drug-likeness (QED) is 0.453. The van der Waals surface area contributed by atoms with Gasteiger partial charge in [-0.05, 0) is 17.7 Å². The number of Topliss-reactive ketones (excluding diaryl/α,β-unsaturated/α-hetero) is 1. The molecular formula is C21H19NO6. The number of carboxylic acids is 1. The summed E-state index contributed by atoms with van der Waals surface area (Å²) in [5.41, 5.74) is 0.909. The zero-order chi connectivity index (χ0) is 20.3. The molecule has 1 fully saturated rings. The lowest BCUT2D eigenvalue weighted by molar-refractivity contribution is -0.142. The van der Waals surface area contributed by atoms with Crippen molar-refractivity contribution in [3.63, 3.8) is 0 Å². The molecule has 1 saturated heterocycles. The second kappa shape index (κ2) is 7.96. The molecule has 2 aromatic rings. The summed E-state index contributed by atoms with van der Waals surface area (Å²) in [7, 11) is 1.52. The summed E-state index contributed by atoms with van der Waals surface area (Å²) in [6, 6.07) is 14.3. The molecule has 7 nitrogen and oxygen atoms in total. The number of ether oxygens (including phenoxy) is 1. The van der Waals surface area contributed by atoms with E-state index < -0.39 is 23.7 Å². The number of ketones is 1. The summed E-state index contributed by atoms with van der Waals surface area (Å²) >= 11 is 0. The fourth-order valence-corrected chi connectivity index (χ4v) is 3.21. The van der Waals surface area contributed by atoms with Crippen LogP contribution in [-0.4, -0.2) is 46.4 Å². The molecule has 1 aliphatic rings. The Morgan fingerprint density at radius 2 is 1.68 bits per heavy atom. The van der Waals surface area contributed by atoms with E-state index in [4.69, 9.17) is 9.84 Å². The highest BCUT2D eigenvalue weighted by atomic mass is 16.5. The maximum absolute atomic E-state index is 12.7. The molecule has 0 saturated carbocycles. The van der Waals surface area contributed by atoms with E-state index in [1.54, 1.807) is 54.6 Å². The number of benzene rings is 2. The van der Waals surface area contributed by atoms with Crippen molar-refractivity contribution in [1.82, 2.24) is 4.90 Å². The van der Waals surface area contributed by atoms with Crippen LogP contribution in [0.4, 0.5) is 0 Å². The molecule has 3 rings (SSSR count). The molecule has 0 aromatic heterocycles. The van der Waals surface area contributed by atoms with E-state index in [-0.39, 0.29) is 24.3 Å². The van der Waals surface area contributed by atoms with Crippen LogP contribution in [0.1, 0.15) is 23.6 Å². The van der Waals surface area contributed by atoms with Crippen LogP contribution in [0.2, 0.25) is 0 Å². The topological polar surface area (TPSA) is 104 Å². The van der Waals surface area contributed by atoms with Crippen LogP contribution < -0.4 is 4.74 Å². The number of aliphatic carboxylic acids is 1. The molecule has 1 heterocycles. The summed E-state index contributed by atoms with van der Waals surface area (Å²) in [6.07, 6.45) is -0.314. The average molecular weight is 381 g/mol. The molecule has 144 valence electrons. The van der Waals surface area contributed by atoms with Crippen LogP contribution >= 0.6 is 0 Å². The minimum Gasteiger partial charge on any atom is -0.507 e. The van der Waals surface area contributed by atoms with E-state index in [0.29, 0.717) is 16.9 Å². The number of rotatable bonds is 6. The standard InChI is InChI=1S/C21H19NO6/c1-28-15-9-7-13(8-10-15)18-17(19(25)14-5-3-2-4-6-14)20(26)21(27)22(18)12-11-16(23)24/h2-10,18,25H,11-12H2,1H3,(H,23,24)/t18-/m0/s1. The van der Waals surface area contributed by atoms with Gasteiger partial charge < -0.3 is 19.8 Å². The van der Waals surface area contributed by atoms with Gasteiger partial charge >= 0.3 is 5.97 Å². The first-order chi connectivity index (χ1) is 13.4. The number of carbonyl (C=O) groups excluding carboxylic acids is 2. The Kier molecular flexibility index (Phi) is 5.44. The molecule has 0 unspecified atom stereocenters. The largest absolute Gasteiger partial charge is 0.507 e. The van der Waals surface area contributed by atoms with Crippen LogP contribution in [0.25, 0.3) is 5.76 Å². The number of likely N-dealkylation sites (tertiary alicyclic amines) is 1. The summed E-state index contributed by atoms with van der Waals surface area (Å²) in [6.45, 7) is -0.151. The molecule has 28 heavy (non-hydrogen) atoms. The predicted molar refractivity (Wildman–Crippen MR) is 101 cm³/mol. The maximum atomic E-state index is 12.7. The number of amides is 1. The van der Waals surface area contributed by atoms with Crippen molar-refractivity contribution in [1.29, 1.82) is 0 Å². The predicted octanol–water partition coefficient (Wildman–Crippen LogP) is 2.59. The van der Waals surface area contributed by atoms with Crippen molar-refractivity contribution >= 4 is 23.4 Å². The second-order valence-electron chi connectivity index (χ2n) is 6.28. The SMILES string of the molecule is COc1ccc([C@H]2C(=C(O)c3ccccc3)C(=O)C(=O)N2CCC(=O)O)cc1. The zero-order valence-corrected chi connectivity index (χ0v) is 15.2. The second-order valence-corrected chi connectivity index (χ2v) is 6.28. The van der Waals surface area contributed by atoms with E-state index in [1.165, 1.54) is 12.0 Å². The summed E-state index contributed by atoms with van der Waals surface area (Å²) in [5, 5.41) is 19.8. The minimum atomic E-state index is -1.08. The monoisotopic (exact) mass is 381 g/mol. The lowest BCUT2D eigenvalue weighted by Gasteiger charge is -2.24. The summed E-state index contributed by atoms with van der Waals surface area (Å²) in [5.74, 6) is -2.46. The number of carboxylic acid groups (broad SMARTS) is 1. The first-order valence-corrected chi connectivity index (χ1v) is 8.63. The zero-order valence-electron chi connectivity index (χ0n) is 15.2. The third kappa shape index (κ3) is 3.59. The average Bonchev–Trinajstić information content (AvgIpc) is 2.97. The highest BCUT2D eigenvalue weighted by Crippen LogP contribution is 2.39. The lowest BCUT2D eigenvalue weighted by Crippen LogP contribution is -2.31. The Morgan fingerprint density at radius 1 is 1.04 bits per heavy atom. The van der Waals surface area contributed by atoms with Gasteiger partial charge in [0, 0.05) is 12.1 Å². The Bertz CT molecular complexity index is 933. The first kappa shape index (κ1) is 19.2. The van der Waals surface area contributed by atoms with Crippen LogP contribution in [0, 0.1) is 0 Å². The van der Waals surface area contributed by atoms with Crippen molar-refractivity contribution in [2.45, 2.75) is 12.5 Å². The van der Waals surface area contributed by atoms with Gasteiger partial charge in [0.15, 0.2) is 0 Å². The maximum Gasteiger partial charge on any atom is 0.305 e. The molecule has 0 bridgehead atoms. The van der Waals surface area contributed by atoms with Crippen molar-refractivity contribution in [2.24, 2.45) is 0 Å². The van der Waals surface area contributed by atoms with Gasteiger partial charge in [0.25, 0.3) is 11.7 Å². The number of aliphatic hydroxyl groups is 1. The fraction of sp³-hybridized carbons (Fsp3) is 0.190. The van der Waals surface area contributed by atoms with E-state index in [0.717, 1.165) is 0 Å². The van der Waals surface area contributed by atoms with Gasteiger partial charge in [-0.2, -0.15) is 0 Å². The number of carbonyl (C=O) groups is 3. The number of hydrogen-bond donors (Lipinski definition) is 2. The highest BCUT2D eigenvalue weighted by molar-refractivity contribution is 6.46. The molecule has 2 N–H and O–H groups in total. The number of aliphatic hydroxyl groups excluding tert-OH is 1. The van der Waals surface area contributed by atoms with E-state index >= 15 is 0 Å². The van der Waals surface area contributed by atoms with Crippen molar-refractivity contribution < 1.29 is 29.3 Å². The van der Waals surface area contributed by atoms with Gasteiger partial charge in [-0.15, -0.1) is 0 Å². The molecule has 7 heteroatoms. The van der Waals surface area contributed by atoms with Crippen LogP contribution in [0.3, 0.4) is 0 Å². The molecule has 1 aliphatic heterocycles. The van der Waals surface area contributed by atoms with Gasteiger partial charge in [-0.3, -0.25) is 14.4 Å². The molecule has 0 aliphatic carbocycles. The third-order valence-electron chi connectivity index (χ3n) is 4.59. The van der Waals surface area contributed by atoms with Crippen LogP contribution in [0.15, 0.2) is 60.2 Å². The molecule has 2 aromatic carbocycles. The van der Waals surface area contributed by atoms with Gasteiger partial charge in [-0.25, -0.2) is 0 Å². The van der Waals surface area contributed by atoms with Crippen molar-refractivity contribution in [3.05, 3.63) is 71.3 Å². The van der Waals surface area contributed by atoms with Crippen molar-refractivity contribution in [2.75, 3.05) is 13.7 Å². The van der Waals surface area contributed by atoms with Gasteiger partial charge in [0.1, 0.15) is 11.5 Å². The van der Waals surface area contributed by atoms with E-state index in [9.17, 15) is 19.5 Å². The molecule has 0 spiro atoms. The van der Waals surface area contributed by atoms with Gasteiger partial charge in [0.2, 0.25) is 0 Å². The number of methoxy groups -OCH3 is 1. The summed E-state index contributed by atoms with van der Waals surface area (Å²) in [4.78, 5) is 37.5. The molecule has 0 radical (unpaired) electrons. The fourth-order valence-electron chi connectivity index (χ4n) is 3.21. The van der Waals surface area contributed by atoms with E-state index in [1.807, 2.05) is 0 Å². The number of hydrogen-bond acceptors (Lipinski definition) is 5. The third-order valence-corrected chi connectivity index (χ3v) is 4.59. The Balaban J connectivity index is 2.13. The number of nitrogens with zero attached hydrogens (tertiary/aromatic N) is 1. The summed E-state index contributed by atoms with van der Waals surface area (Å²) < 4.78 is 5.14. The van der Waals surface area contributed by atoms with Crippen LogP contribution in [0.5, 0.6) is 5.75 Å². The lowest BCUT2D eigenvalue weighted by atomic mass is 9.95. The molecular weight excluding hydrogens is 362 g/mol. The Hall–Kier alpha value is -3.61. The smallest absolute Gasteiger partial charge is 0.305 e. The van der Waals surface area contributed by atoms with Gasteiger partial charge in [-0.1, -0.05) is 42.5 Å². The first-order valence-electron chi connectivity index (χ1n) is 8.63. The molecule has 1 amide bonds. The Labute approximate surface area is 161 Å². The van der Waals surface area contributed by atoms with E-state index in [2.05, 4.69) is 0 Å². The molecule has 1 atom stereocenters. The highest BCUT2D eigenvalue weighted by Gasteiger charge is 2.46. The van der Waals surface area contributed by atoms with Gasteiger partial charge in [0.05, 0.1) is 25.1 Å². The Morgan fingerprint density at radius 3 is 2.25 bits per heavy atom.